The number of rotatable bonds is 6. The number of nitrogens with zero attached hydrogens (tertiary/aromatic N) is 2. The maximum absolute atomic E-state index is 5.89. The predicted octanol–water partition coefficient (Wildman–Crippen LogP) is 3.76. The van der Waals surface area contributed by atoms with E-state index in [9.17, 15) is 0 Å². The summed E-state index contributed by atoms with van der Waals surface area (Å²) in [6, 6.07) is 8.56. The number of benzene rings is 1. The molecule has 1 aromatic carbocycles. The molecule has 21 heavy (non-hydrogen) atoms. The Bertz CT molecular complexity index is 589. The van der Waals surface area contributed by atoms with Crippen LogP contribution in [0.1, 0.15) is 56.1 Å². The fourth-order valence-corrected chi connectivity index (χ4v) is 2.16. The summed E-state index contributed by atoms with van der Waals surface area (Å²) in [7, 11) is 0. The van der Waals surface area contributed by atoms with E-state index < -0.39 is 0 Å². The standard InChI is InChI=1S/C17H25N3O/c1-5-13(3)20-9-8-16(19-20)11-21-17-7-6-15(14(4)18)10-12(17)2/h6-10,13-14H,5,11,18H2,1-4H3/t13?,14-/m1/s1. The molecule has 1 unspecified atom stereocenters. The molecule has 0 amide bonds. The van der Waals surface area contributed by atoms with Crippen molar-refractivity contribution in [3.8, 4) is 5.75 Å². The zero-order valence-corrected chi connectivity index (χ0v) is 13.3. The largest absolute Gasteiger partial charge is 0.487 e. The molecular formula is C17H25N3O. The van der Waals surface area contributed by atoms with Crippen LogP contribution in [0.3, 0.4) is 0 Å². The molecule has 1 aromatic heterocycles. The minimum atomic E-state index is 0.0454. The van der Waals surface area contributed by atoms with E-state index in [4.69, 9.17) is 10.5 Å². The van der Waals surface area contributed by atoms with Gasteiger partial charge in [-0.15, -0.1) is 0 Å². The summed E-state index contributed by atoms with van der Waals surface area (Å²) in [6.07, 6.45) is 3.08. The second-order valence-corrected chi connectivity index (χ2v) is 5.65. The number of aromatic nitrogens is 2. The van der Waals surface area contributed by atoms with Gasteiger partial charge in [0.2, 0.25) is 0 Å². The fourth-order valence-electron chi connectivity index (χ4n) is 2.16. The van der Waals surface area contributed by atoms with Crippen LogP contribution in [-0.2, 0) is 6.61 Å². The van der Waals surface area contributed by atoms with E-state index in [-0.39, 0.29) is 6.04 Å². The summed E-state index contributed by atoms with van der Waals surface area (Å²) in [6.45, 7) is 8.83. The van der Waals surface area contributed by atoms with Crippen LogP contribution in [0.4, 0.5) is 0 Å². The smallest absolute Gasteiger partial charge is 0.132 e. The Morgan fingerprint density at radius 1 is 1.29 bits per heavy atom. The predicted molar refractivity (Wildman–Crippen MR) is 85.3 cm³/mol. The average Bonchev–Trinajstić information content (AvgIpc) is 2.93. The monoisotopic (exact) mass is 287 g/mol. The quantitative estimate of drug-likeness (QED) is 0.880. The Labute approximate surface area is 126 Å². The molecule has 0 bridgehead atoms. The second kappa shape index (κ2) is 6.76. The van der Waals surface area contributed by atoms with Crippen LogP contribution in [0.25, 0.3) is 0 Å². The molecule has 0 aliphatic heterocycles. The molecule has 0 saturated carbocycles. The minimum absolute atomic E-state index is 0.0454. The number of hydrogen-bond acceptors (Lipinski definition) is 3. The third-order valence-corrected chi connectivity index (χ3v) is 3.81. The summed E-state index contributed by atoms with van der Waals surface area (Å²) in [5.41, 5.74) is 9.07. The van der Waals surface area contributed by atoms with Gasteiger partial charge in [-0.25, -0.2) is 0 Å². The Kier molecular flexibility index (Phi) is 5.02. The molecule has 0 radical (unpaired) electrons. The van der Waals surface area contributed by atoms with E-state index in [0.29, 0.717) is 12.6 Å². The number of aryl methyl sites for hydroxylation is 1. The van der Waals surface area contributed by atoms with E-state index in [2.05, 4.69) is 25.0 Å². The zero-order valence-electron chi connectivity index (χ0n) is 13.3. The summed E-state index contributed by atoms with van der Waals surface area (Å²) in [5, 5.41) is 4.54. The molecule has 114 valence electrons. The summed E-state index contributed by atoms with van der Waals surface area (Å²) in [5.74, 6) is 0.887. The van der Waals surface area contributed by atoms with E-state index in [1.54, 1.807) is 0 Å². The minimum Gasteiger partial charge on any atom is -0.487 e. The molecule has 0 spiro atoms. The third-order valence-electron chi connectivity index (χ3n) is 3.81. The first-order valence-electron chi connectivity index (χ1n) is 7.54. The zero-order chi connectivity index (χ0) is 15.4. The van der Waals surface area contributed by atoms with Crippen LogP contribution in [0, 0.1) is 6.92 Å². The highest BCUT2D eigenvalue weighted by molar-refractivity contribution is 5.37. The van der Waals surface area contributed by atoms with Gasteiger partial charge in [-0.05, 0) is 50.5 Å². The Morgan fingerprint density at radius 2 is 2.05 bits per heavy atom. The SMILES string of the molecule is CCC(C)n1ccc(COc2ccc([C@@H](C)N)cc2C)n1. The van der Waals surface area contributed by atoms with E-state index in [0.717, 1.165) is 29.0 Å². The molecule has 4 nitrogen and oxygen atoms in total. The van der Waals surface area contributed by atoms with Crippen molar-refractivity contribution in [3.05, 3.63) is 47.3 Å². The van der Waals surface area contributed by atoms with E-state index >= 15 is 0 Å². The van der Waals surface area contributed by atoms with Crippen LogP contribution < -0.4 is 10.5 Å². The van der Waals surface area contributed by atoms with Gasteiger partial charge in [0, 0.05) is 18.3 Å². The Morgan fingerprint density at radius 3 is 2.67 bits per heavy atom. The van der Waals surface area contributed by atoms with Crippen LogP contribution in [0.5, 0.6) is 5.75 Å². The van der Waals surface area contributed by atoms with Gasteiger partial charge in [0.25, 0.3) is 0 Å². The lowest BCUT2D eigenvalue weighted by Gasteiger charge is -2.12. The van der Waals surface area contributed by atoms with Crippen LogP contribution in [0.2, 0.25) is 0 Å². The first-order valence-corrected chi connectivity index (χ1v) is 7.54. The van der Waals surface area contributed by atoms with Gasteiger partial charge in [0.1, 0.15) is 12.4 Å². The second-order valence-electron chi connectivity index (χ2n) is 5.65. The third kappa shape index (κ3) is 3.85. The molecule has 0 aliphatic rings. The summed E-state index contributed by atoms with van der Waals surface area (Å²) < 4.78 is 7.86. The molecule has 0 saturated heterocycles. The normalized spacial score (nSPS) is 14.0. The van der Waals surface area contributed by atoms with Gasteiger partial charge in [-0.2, -0.15) is 5.10 Å². The molecule has 0 fully saturated rings. The highest BCUT2D eigenvalue weighted by atomic mass is 16.5. The molecule has 2 atom stereocenters. The van der Waals surface area contributed by atoms with Gasteiger partial charge in [0.15, 0.2) is 0 Å². The van der Waals surface area contributed by atoms with E-state index in [1.807, 2.05) is 42.9 Å². The van der Waals surface area contributed by atoms with E-state index in [1.165, 1.54) is 0 Å². The van der Waals surface area contributed by atoms with Crippen molar-refractivity contribution in [3.63, 3.8) is 0 Å². The number of ether oxygens (including phenoxy) is 1. The van der Waals surface area contributed by atoms with Crippen LogP contribution in [0.15, 0.2) is 30.5 Å². The van der Waals surface area contributed by atoms with Crippen LogP contribution in [-0.4, -0.2) is 9.78 Å². The maximum atomic E-state index is 5.89. The highest BCUT2D eigenvalue weighted by Gasteiger charge is 2.07. The van der Waals surface area contributed by atoms with Crippen molar-refractivity contribution in [2.45, 2.75) is 52.8 Å². The molecule has 2 aromatic rings. The lowest BCUT2D eigenvalue weighted by molar-refractivity contribution is 0.296. The number of nitrogens with two attached hydrogens (primary N) is 1. The first-order chi connectivity index (χ1) is 10.0. The van der Waals surface area contributed by atoms with Crippen molar-refractivity contribution in [1.82, 2.24) is 9.78 Å². The molecule has 1 heterocycles. The van der Waals surface area contributed by atoms with Crippen molar-refractivity contribution in [2.24, 2.45) is 5.73 Å². The van der Waals surface area contributed by atoms with Gasteiger partial charge < -0.3 is 10.5 Å². The van der Waals surface area contributed by atoms with Gasteiger partial charge in [-0.1, -0.05) is 19.1 Å². The molecule has 2 rings (SSSR count). The van der Waals surface area contributed by atoms with Crippen molar-refractivity contribution >= 4 is 0 Å². The lowest BCUT2D eigenvalue weighted by Crippen LogP contribution is -2.07. The highest BCUT2D eigenvalue weighted by Crippen LogP contribution is 2.22. The molecular weight excluding hydrogens is 262 g/mol. The van der Waals surface area contributed by atoms with Crippen molar-refractivity contribution in [1.29, 1.82) is 0 Å². The van der Waals surface area contributed by atoms with Gasteiger partial charge in [-0.3, -0.25) is 4.68 Å². The summed E-state index contributed by atoms with van der Waals surface area (Å²) in [4.78, 5) is 0. The first kappa shape index (κ1) is 15.6. The lowest BCUT2D eigenvalue weighted by atomic mass is 10.1. The Hall–Kier alpha value is -1.81. The van der Waals surface area contributed by atoms with Crippen LogP contribution >= 0.6 is 0 Å². The maximum Gasteiger partial charge on any atom is 0.132 e. The van der Waals surface area contributed by atoms with Crippen molar-refractivity contribution in [2.75, 3.05) is 0 Å². The summed E-state index contributed by atoms with van der Waals surface area (Å²) >= 11 is 0. The van der Waals surface area contributed by atoms with Crippen molar-refractivity contribution < 1.29 is 4.74 Å². The van der Waals surface area contributed by atoms with Gasteiger partial charge >= 0.3 is 0 Å². The Balaban J connectivity index is 2.01. The molecule has 2 N–H and O–H groups in total. The van der Waals surface area contributed by atoms with Gasteiger partial charge in [0.05, 0.1) is 5.69 Å². The number of hydrogen-bond donors (Lipinski definition) is 1. The fraction of sp³-hybridized carbons (Fsp3) is 0.471. The average molecular weight is 287 g/mol. The molecule has 0 aliphatic carbocycles. The molecule has 4 heteroatoms. The topological polar surface area (TPSA) is 53.1 Å².